The number of aryl methyl sites for hydroxylation is 1. The second-order valence-corrected chi connectivity index (χ2v) is 6.91. The van der Waals surface area contributed by atoms with Crippen LogP contribution in [0.5, 0.6) is 0 Å². The zero-order valence-corrected chi connectivity index (χ0v) is 12.9. The van der Waals surface area contributed by atoms with E-state index in [9.17, 15) is 14.7 Å². The first-order valence-corrected chi connectivity index (χ1v) is 8.25. The average Bonchev–Trinajstić information content (AvgIpc) is 3.09. The molecule has 1 aromatic heterocycles. The van der Waals surface area contributed by atoms with Gasteiger partial charge in [-0.1, -0.05) is 6.42 Å². The summed E-state index contributed by atoms with van der Waals surface area (Å²) >= 11 is 1.62. The number of amides is 2. The van der Waals surface area contributed by atoms with Gasteiger partial charge in [0.2, 0.25) is 0 Å². The van der Waals surface area contributed by atoms with Crippen LogP contribution in [-0.4, -0.2) is 35.1 Å². The Hall–Kier alpha value is -1.56. The first-order valence-electron chi connectivity index (χ1n) is 7.31. The summed E-state index contributed by atoms with van der Waals surface area (Å²) in [5.41, 5.74) is 1.61. The first kappa shape index (κ1) is 14.4. The fraction of sp³-hybridized carbons (Fsp3) is 0.600. The molecule has 1 aliphatic heterocycles. The molecule has 0 bridgehead atoms. The van der Waals surface area contributed by atoms with Crippen LogP contribution in [0, 0.1) is 18.3 Å². The number of aliphatic carboxylic acids is 1. The third-order valence-corrected chi connectivity index (χ3v) is 5.89. The fourth-order valence-corrected chi connectivity index (χ4v) is 4.50. The highest BCUT2D eigenvalue weighted by atomic mass is 32.1. The van der Waals surface area contributed by atoms with E-state index >= 15 is 0 Å². The van der Waals surface area contributed by atoms with Crippen molar-refractivity contribution in [1.29, 1.82) is 0 Å². The maximum atomic E-state index is 12.3. The van der Waals surface area contributed by atoms with Crippen molar-refractivity contribution in [3.05, 3.63) is 21.9 Å². The molecule has 0 unspecified atom stereocenters. The number of carbonyl (C=O) groups is 2. The molecule has 2 heterocycles. The van der Waals surface area contributed by atoms with E-state index in [0.717, 1.165) is 18.4 Å². The molecule has 0 radical (unpaired) electrons. The number of nitrogens with zero attached hydrogens (tertiary/aromatic N) is 1. The minimum atomic E-state index is -0.742. The van der Waals surface area contributed by atoms with Crippen molar-refractivity contribution in [3.8, 4) is 0 Å². The van der Waals surface area contributed by atoms with Crippen molar-refractivity contribution in [2.24, 2.45) is 11.3 Å². The molecule has 2 aliphatic rings. The summed E-state index contributed by atoms with van der Waals surface area (Å²) in [4.78, 5) is 25.6. The number of fused-ring (bicyclic) bond motifs is 1. The predicted octanol–water partition coefficient (Wildman–Crippen LogP) is 2.45. The Morgan fingerprint density at radius 3 is 2.95 bits per heavy atom. The van der Waals surface area contributed by atoms with E-state index in [0.29, 0.717) is 26.1 Å². The molecule has 3 rings (SSSR count). The molecule has 21 heavy (non-hydrogen) atoms. The van der Waals surface area contributed by atoms with Gasteiger partial charge >= 0.3 is 12.0 Å². The largest absolute Gasteiger partial charge is 0.481 e. The van der Waals surface area contributed by atoms with Gasteiger partial charge in [-0.05, 0) is 47.6 Å². The number of nitrogens with one attached hydrogen (secondary N) is 1. The van der Waals surface area contributed by atoms with Gasteiger partial charge in [0, 0.05) is 19.6 Å². The number of rotatable bonds is 3. The molecule has 6 heteroatoms. The predicted molar refractivity (Wildman–Crippen MR) is 80.3 cm³/mol. The summed E-state index contributed by atoms with van der Waals surface area (Å²) in [6, 6.07) is -0.143. The Labute approximate surface area is 128 Å². The molecule has 1 saturated carbocycles. The molecule has 5 nitrogen and oxygen atoms in total. The SMILES string of the molecule is Cc1cscc1CNC(=O)N1C[C@@H]2CCC[C@@]2(C(=O)O)C1. The molecule has 0 aromatic carbocycles. The van der Waals surface area contributed by atoms with Crippen LogP contribution in [0.3, 0.4) is 0 Å². The monoisotopic (exact) mass is 308 g/mol. The third-order valence-electron chi connectivity index (χ3n) is 4.98. The highest BCUT2D eigenvalue weighted by Gasteiger charge is 2.55. The smallest absolute Gasteiger partial charge is 0.317 e. The van der Waals surface area contributed by atoms with E-state index in [4.69, 9.17) is 0 Å². The van der Waals surface area contributed by atoms with Crippen LogP contribution in [0.4, 0.5) is 4.79 Å². The third kappa shape index (κ3) is 2.41. The summed E-state index contributed by atoms with van der Waals surface area (Å²) in [6.45, 7) is 3.45. The first-order chi connectivity index (χ1) is 10.0. The van der Waals surface area contributed by atoms with Crippen molar-refractivity contribution in [1.82, 2.24) is 10.2 Å². The number of carboxylic acids is 1. The lowest BCUT2D eigenvalue weighted by Gasteiger charge is -2.23. The molecule has 2 fully saturated rings. The molecule has 114 valence electrons. The lowest BCUT2D eigenvalue weighted by molar-refractivity contribution is -0.149. The Balaban J connectivity index is 1.62. The lowest BCUT2D eigenvalue weighted by Crippen LogP contribution is -2.41. The van der Waals surface area contributed by atoms with Gasteiger partial charge in [0.25, 0.3) is 0 Å². The summed E-state index contributed by atoms with van der Waals surface area (Å²) in [5.74, 6) is -0.627. The summed E-state index contributed by atoms with van der Waals surface area (Å²) in [6.07, 6.45) is 2.57. The second-order valence-electron chi connectivity index (χ2n) is 6.17. The van der Waals surface area contributed by atoms with Crippen molar-refractivity contribution < 1.29 is 14.7 Å². The van der Waals surface area contributed by atoms with Crippen molar-refractivity contribution in [2.75, 3.05) is 13.1 Å². The molecule has 1 aromatic rings. The Morgan fingerprint density at radius 2 is 2.33 bits per heavy atom. The standard InChI is InChI=1S/C15H20N2O3S/c1-10-7-21-8-11(10)5-16-14(20)17-6-12-3-2-4-15(12,9-17)13(18)19/h7-8,12H,2-6,9H2,1H3,(H,16,20)(H,18,19)/t12-,15+/m0/s1. The summed E-state index contributed by atoms with van der Waals surface area (Å²) < 4.78 is 0. The van der Waals surface area contributed by atoms with E-state index in [2.05, 4.69) is 10.7 Å². The van der Waals surface area contributed by atoms with Gasteiger partial charge < -0.3 is 15.3 Å². The number of likely N-dealkylation sites (tertiary alicyclic amines) is 1. The van der Waals surface area contributed by atoms with Gasteiger partial charge in [0.15, 0.2) is 0 Å². The molecule has 1 aliphatic carbocycles. The molecular formula is C15H20N2O3S. The van der Waals surface area contributed by atoms with Gasteiger partial charge in [0.05, 0.1) is 5.41 Å². The molecule has 1 saturated heterocycles. The van der Waals surface area contributed by atoms with Crippen LogP contribution in [0.1, 0.15) is 30.4 Å². The van der Waals surface area contributed by atoms with E-state index in [1.165, 1.54) is 5.56 Å². The summed E-state index contributed by atoms with van der Waals surface area (Å²) in [7, 11) is 0. The topological polar surface area (TPSA) is 69.6 Å². The molecular weight excluding hydrogens is 288 g/mol. The van der Waals surface area contributed by atoms with E-state index in [1.54, 1.807) is 16.2 Å². The molecule has 2 atom stereocenters. The van der Waals surface area contributed by atoms with Gasteiger partial charge in [-0.2, -0.15) is 11.3 Å². The van der Waals surface area contributed by atoms with Crippen LogP contribution < -0.4 is 5.32 Å². The van der Waals surface area contributed by atoms with Gasteiger partial charge in [-0.25, -0.2) is 4.79 Å². The highest BCUT2D eigenvalue weighted by molar-refractivity contribution is 7.08. The molecule has 0 spiro atoms. The number of hydrogen-bond acceptors (Lipinski definition) is 3. The van der Waals surface area contributed by atoms with Crippen molar-refractivity contribution in [2.45, 2.75) is 32.7 Å². The van der Waals surface area contributed by atoms with E-state index in [1.807, 2.05) is 12.3 Å². The van der Waals surface area contributed by atoms with Crippen molar-refractivity contribution in [3.63, 3.8) is 0 Å². The van der Waals surface area contributed by atoms with E-state index in [-0.39, 0.29) is 11.9 Å². The lowest BCUT2D eigenvalue weighted by atomic mass is 9.81. The number of carbonyl (C=O) groups excluding carboxylic acids is 1. The van der Waals surface area contributed by atoms with Gasteiger partial charge in [-0.15, -0.1) is 0 Å². The maximum Gasteiger partial charge on any atom is 0.317 e. The number of hydrogen-bond donors (Lipinski definition) is 2. The summed E-state index contributed by atoms with van der Waals surface area (Å²) in [5, 5.41) is 16.5. The van der Waals surface area contributed by atoms with Crippen LogP contribution in [0.25, 0.3) is 0 Å². The highest BCUT2D eigenvalue weighted by Crippen LogP contribution is 2.48. The maximum absolute atomic E-state index is 12.3. The Bertz CT molecular complexity index is 571. The van der Waals surface area contributed by atoms with Crippen LogP contribution in [-0.2, 0) is 11.3 Å². The Morgan fingerprint density at radius 1 is 1.52 bits per heavy atom. The molecule has 2 N–H and O–H groups in total. The quantitative estimate of drug-likeness (QED) is 0.901. The average molecular weight is 308 g/mol. The minimum Gasteiger partial charge on any atom is -0.481 e. The second kappa shape index (κ2) is 5.33. The molecule has 2 amide bonds. The van der Waals surface area contributed by atoms with Crippen LogP contribution in [0.2, 0.25) is 0 Å². The van der Waals surface area contributed by atoms with Gasteiger partial charge in [-0.3, -0.25) is 4.79 Å². The van der Waals surface area contributed by atoms with Crippen molar-refractivity contribution >= 4 is 23.3 Å². The van der Waals surface area contributed by atoms with Gasteiger partial charge in [0.1, 0.15) is 0 Å². The van der Waals surface area contributed by atoms with Crippen LogP contribution in [0.15, 0.2) is 10.8 Å². The number of thiophene rings is 1. The van der Waals surface area contributed by atoms with Crippen LogP contribution >= 0.6 is 11.3 Å². The number of carboxylic acid groups (broad SMARTS) is 1. The number of urea groups is 1. The normalized spacial score (nSPS) is 27.7. The fourth-order valence-electron chi connectivity index (χ4n) is 3.64. The zero-order chi connectivity index (χ0) is 15.0. The van der Waals surface area contributed by atoms with E-state index < -0.39 is 11.4 Å². The minimum absolute atomic E-state index is 0.114. The Kier molecular flexibility index (Phi) is 3.65. The zero-order valence-electron chi connectivity index (χ0n) is 12.1.